The molecule has 0 bridgehead atoms. The van der Waals surface area contributed by atoms with Crippen molar-refractivity contribution in [3.05, 3.63) is 88.5 Å². The van der Waals surface area contributed by atoms with Gasteiger partial charge in [-0.2, -0.15) is 0 Å². The molecule has 0 aliphatic carbocycles. The van der Waals surface area contributed by atoms with Crippen LogP contribution in [0.25, 0.3) is 0 Å². The summed E-state index contributed by atoms with van der Waals surface area (Å²) in [7, 11) is 0. The van der Waals surface area contributed by atoms with Gasteiger partial charge in [-0.3, -0.25) is 0 Å². The van der Waals surface area contributed by atoms with E-state index in [4.69, 9.17) is 9.47 Å². The Morgan fingerprint density at radius 3 is 2.48 bits per heavy atom. The number of aryl methyl sites for hydroxylation is 1. The second-order valence-corrected chi connectivity index (χ2v) is 7.15. The van der Waals surface area contributed by atoms with Crippen molar-refractivity contribution in [3.63, 3.8) is 0 Å². The molecule has 0 amide bonds. The zero-order chi connectivity index (χ0) is 18.4. The third kappa shape index (κ3) is 2.31. The molecular weight excluding hydrogens is 334 g/mol. The molecule has 3 aromatic carbocycles. The Labute approximate surface area is 160 Å². The molecule has 0 aromatic heterocycles. The van der Waals surface area contributed by atoms with Crippen molar-refractivity contribution in [3.8, 4) is 11.5 Å². The Hall–Kier alpha value is -2.78. The summed E-state index contributed by atoms with van der Waals surface area (Å²) in [6, 6.07) is 21.4. The molecule has 0 saturated heterocycles. The molecule has 1 unspecified atom stereocenters. The summed E-state index contributed by atoms with van der Waals surface area (Å²) in [5.74, 6) is 1.76. The quantitative estimate of drug-likeness (QED) is 0.661. The highest BCUT2D eigenvalue weighted by Gasteiger charge is 2.49. The van der Waals surface area contributed by atoms with Gasteiger partial charge >= 0.3 is 0 Å². The van der Waals surface area contributed by atoms with E-state index in [1.165, 1.54) is 16.7 Å². The predicted molar refractivity (Wildman–Crippen MR) is 108 cm³/mol. The number of anilines is 1. The van der Waals surface area contributed by atoms with E-state index in [9.17, 15) is 0 Å². The lowest BCUT2D eigenvalue weighted by molar-refractivity contribution is 0.0199. The first-order chi connectivity index (χ1) is 13.3. The third-order valence-electron chi connectivity index (χ3n) is 5.64. The molecule has 1 spiro atoms. The molecule has 0 saturated carbocycles. The summed E-state index contributed by atoms with van der Waals surface area (Å²) >= 11 is 0. The minimum Gasteiger partial charge on any atom is -0.456 e. The summed E-state index contributed by atoms with van der Waals surface area (Å²) in [4.78, 5) is 0. The molecule has 0 radical (unpaired) electrons. The number of hydrogen-bond donors (Lipinski definition) is 1. The zero-order valence-electron chi connectivity index (χ0n) is 15.7. The van der Waals surface area contributed by atoms with Gasteiger partial charge in [-0.05, 0) is 48.2 Å². The van der Waals surface area contributed by atoms with Crippen LogP contribution in [0.1, 0.15) is 41.7 Å². The van der Waals surface area contributed by atoms with Gasteiger partial charge < -0.3 is 14.8 Å². The van der Waals surface area contributed by atoms with E-state index >= 15 is 0 Å². The topological polar surface area (TPSA) is 30.5 Å². The van der Waals surface area contributed by atoms with Crippen LogP contribution in [-0.4, -0.2) is 6.54 Å². The van der Waals surface area contributed by atoms with Crippen molar-refractivity contribution < 1.29 is 9.47 Å². The van der Waals surface area contributed by atoms with E-state index in [2.05, 4.69) is 79.8 Å². The van der Waals surface area contributed by atoms with Gasteiger partial charge in [0.05, 0.1) is 6.61 Å². The normalized spacial score (nSPS) is 19.2. The van der Waals surface area contributed by atoms with E-state index in [0.717, 1.165) is 41.3 Å². The fourth-order valence-electron chi connectivity index (χ4n) is 4.34. The molecule has 2 aliphatic heterocycles. The first-order valence-electron chi connectivity index (χ1n) is 9.68. The minimum absolute atomic E-state index is 0.601. The van der Waals surface area contributed by atoms with Gasteiger partial charge in [-0.15, -0.1) is 0 Å². The minimum atomic E-state index is -0.601. The van der Waals surface area contributed by atoms with Crippen LogP contribution < -0.4 is 10.1 Å². The number of ether oxygens (including phenoxy) is 2. The molecule has 5 rings (SSSR count). The molecule has 2 aliphatic rings. The second kappa shape index (κ2) is 6.14. The third-order valence-corrected chi connectivity index (χ3v) is 5.64. The average molecular weight is 357 g/mol. The van der Waals surface area contributed by atoms with Crippen LogP contribution in [0.2, 0.25) is 0 Å². The van der Waals surface area contributed by atoms with Gasteiger partial charge in [-0.1, -0.05) is 43.3 Å². The van der Waals surface area contributed by atoms with Crippen LogP contribution in [0.15, 0.2) is 60.7 Å². The van der Waals surface area contributed by atoms with Gasteiger partial charge in [0.15, 0.2) is 5.60 Å². The highest BCUT2D eigenvalue weighted by molar-refractivity contribution is 5.67. The maximum absolute atomic E-state index is 6.58. The van der Waals surface area contributed by atoms with Crippen molar-refractivity contribution in [2.45, 2.75) is 32.5 Å². The van der Waals surface area contributed by atoms with Crippen molar-refractivity contribution >= 4 is 5.69 Å². The lowest BCUT2D eigenvalue weighted by Gasteiger charge is -2.37. The first kappa shape index (κ1) is 16.4. The largest absolute Gasteiger partial charge is 0.456 e. The van der Waals surface area contributed by atoms with Crippen LogP contribution in [0.5, 0.6) is 11.5 Å². The first-order valence-corrected chi connectivity index (χ1v) is 9.68. The Kier molecular flexibility index (Phi) is 3.73. The van der Waals surface area contributed by atoms with Gasteiger partial charge in [0.25, 0.3) is 0 Å². The summed E-state index contributed by atoms with van der Waals surface area (Å²) in [5.41, 5.74) is 6.35. The van der Waals surface area contributed by atoms with Gasteiger partial charge in [0.2, 0.25) is 0 Å². The number of benzene rings is 3. The van der Waals surface area contributed by atoms with E-state index < -0.39 is 5.60 Å². The Bertz CT molecular complexity index is 1030. The Morgan fingerprint density at radius 1 is 0.889 bits per heavy atom. The summed E-state index contributed by atoms with van der Waals surface area (Å²) in [5, 5.41) is 3.38. The van der Waals surface area contributed by atoms with E-state index in [0.29, 0.717) is 6.61 Å². The molecule has 136 valence electrons. The van der Waals surface area contributed by atoms with Crippen molar-refractivity contribution in [2.75, 3.05) is 11.9 Å². The Balaban J connectivity index is 1.79. The van der Waals surface area contributed by atoms with Gasteiger partial charge in [0, 0.05) is 29.4 Å². The molecule has 1 N–H and O–H groups in total. The summed E-state index contributed by atoms with van der Waals surface area (Å²) in [6.07, 6.45) is 0.978. The molecule has 1 atom stereocenters. The fraction of sp³-hybridized carbons (Fsp3) is 0.250. The van der Waals surface area contributed by atoms with Crippen LogP contribution >= 0.6 is 0 Å². The van der Waals surface area contributed by atoms with Crippen molar-refractivity contribution in [1.82, 2.24) is 0 Å². The summed E-state index contributed by atoms with van der Waals surface area (Å²) in [6.45, 7) is 5.75. The van der Waals surface area contributed by atoms with E-state index in [1.54, 1.807) is 0 Å². The number of nitrogens with one attached hydrogen (secondary N) is 1. The average Bonchev–Trinajstić information content (AvgIpc) is 3.08. The fourth-order valence-corrected chi connectivity index (χ4v) is 4.34. The molecule has 0 fully saturated rings. The maximum atomic E-state index is 6.58. The lowest BCUT2D eigenvalue weighted by Crippen LogP contribution is -2.32. The Morgan fingerprint density at radius 2 is 1.67 bits per heavy atom. The van der Waals surface area contributed by atoms with Crippen molar-refractivity contribution in [2.24, 2.45) is 0 Å². The van der Waals surface area contributed by atoms with Crippen LogP contribution in [0.3, 0.4) is 0 Å². The molecule has 27 heavy (non-hydrogen) atoms. The zero-order valence-corrected chi connectivity index (χ0v) is 15.7. The van der Waals surface area contributed by atoms with Gasteiger partial charge in [-0.25, -0.2) is 0 Å². The van der Waals surface area contributed by atoms with Crippen LogP contribution in [0.4, 0.5) is 5.69 Å². The standard InChI is InChI=1S/C24H23NO2/c1-3-16-9-11-20-22(13-16)27-23-14-18(25-4-2)10-12-21(23)24(20)19-8-6-5-7-17(19)15-26-24/h5-14,25H,3-4,15H2,1-2H3. The molecule has 2 heterocycles. The second-order valence-electron chi connectivity index (χ2n) is 7.15. The lowest BCUT2D eigenvalue weighted by atomic mass is 9.77. The van der Waals surface area contributed by atoms with Crippen LogP contribution in [0, 0.1) is 0 Å². The molecule has 3 nitrogen and oxygen atoms in total. The molecule has 3 aromatic rings. The highest BCUT2D eigenvalue weighted by Crippen LogP contribution is 2.56. The summed E-state index contributed by atoms with van der Waals surface area (Å²) < 4.78 is 13.0. The monoisotopic (exact) mass is 357 g/mol. The number of fused-ring (bicyclic) bond motifs is 6. The SMILES string of the molecule is CCNc1ccc2c(c1)Oc1cc(CC)ccc1C21OCc2ccccc21. The van der Waals surface area contributed by atoms with Crippen molar-refractivity contribution in [1.29, 1.82) is 0 Å². The predicted octanol–water partition coefficient (Wildman–Crippen LogP) is 5.61. The van der Waals surface area contributed by atoms with E-state index in [1.807, 2.05) is 0 Å². The molecular formula is C24H23NO2. The van der Waals surface area contributed by atoms with Crippen LogP contribution in [-0.2, 0) is 23.4 Å². The number of rotatable bonds is 3. The molecule has 3 heteroatoms. The van der Waals surface area contributed by atoms with Gasteiger partial charge in [0.1, 0.15) is 11.5 Å². The maximum Gasteiger partial charge on any atom is 0.151 e. The highest BCUT2D eigenvalue weighted by atomic mass is 16.5. The van der Waals surface area contributed by atoms with E-state index in [-0.39, 0.29) is 0 Å². The smallest absolute Gasteiger partial charge is 0.151 e. The number of hydrogen-bond acceptors (Lipinski definition) is 3.